The number of unbranched alkanes of at least 4 members (excludes halogenated alkanes) is 1. The Labute approximate surface area is 106 Å². The van der Waals surface area contributed by atoms with Crippen molar-refractivity contribution in [1.82, 2.24) is 4.98 Å². The van der Waals surface area contributed by atoms with Crippen LogP contribution in [-0.2, 0) is 4.74 Å². The van der Waals surface area contributed by atoms with Gasteiger partial charge in [-0.2, -0.15) is 0 Å². The van der Waals surface area contributed by atoms with E-state index < -0.39 is 0 Å². The molecule has 0 fully saturated rings. The summed E-state index contributed by atoms with van der Waals surface area (Å²) in [4.78, 5) is 16.6. The SMILES string of the molecule is CCCCOC(=O)c1cnc(C2=CCCC2)s1. The molecule has 92 valence electrons. The second-order valence-electron chi connectivity index (χ2n) is 4.14. The molecule has 0 spiro atoms. The fraction of sp³-hybridized carbons (Fsp3) is 0.538. The van der Waals surface area contributed by atoms with Crippen LogP contribution in [0, 0.1) is 0 Å². The smallest absolute Gasteiger partial charge is 0.349 e. The zero-order chi connectivity index (χ0) is 12.1. The first-order chi connectivity index (χ1) is 8.31. The molecule has 0 N–H and O–H groups in total. The molecular weight excluding hydrogens is 234 g/mol. The summed E-state index contributed by atoms with van der Waals surface area (Å²) in [5.41, 5.74) is 1.28. The summed E-state index contributed by atoms with van der Waals surface area (Å²) in [5, 5.41) is 0.977. The van der Waals surface area contributed by atoms with E-state index in [-0.39, 0.29) is 5.97 Å². The average Bonchev–Trinajstić information content (AvgIpc) is 3.00. The van der Waals surface area contributed by atoms with Gasteiger partial charge in [0.1, 0.15) is 9.88 Å². The van der Waals surface area contributed by atoms with Gasteiger partial charge in [-0.15, -0.1) is 11.3 Å². The zero-order valence-electron chi connectivity index (χ0n) is 10.1. The molecule has 1 aliphatic rings. The third-order valence-electron chi connectivity index (χ3n) is 2.75. The summed E-state index contributed by atoms with van der Waals surface area (Å²) in [5.74, 6) is -0.235. The summed E-state index contributed by atoms with van der Waals surface area (Å²) < 4.78 is 5.16. The summed E-state index contributed by atoms with van der Waals surface area (Å²) in [6.45, 7) is 2.58. The predicted octanol–water partition coefficient (Wildman–Crippen LogP) is 3.67. The van der Waals surface area contributed by atoms with Gasteiger partial charge >= 0.3 is 5.97 Å². The Kier molecular flexibility index (Phi) is 4.31. The molecule has 1 aliphatic carbocycles. The molecule has 1 aromatic heterocycles. The van der Waals surface area contributed by atoms with Gasteiger partial charge in [-0.05, 0) is 31.3 Å². The van der Waals surface area contributed by atoms with Crippen molar-refractivity contribution in [3.05, 3.63) is 22.2 Å². The van der Waals surface area contributed by atoms with Crippen LogP contribution in [0.15, 0.2) is 12.3 Å². The largest absolute Gasteiger partial charge is 0.461 e. The van der Waals surface area contributed by atoms with Crippen molar-refractivity contribution in [2.45, 2.75) is 39.0 Å². The highest BCUT2D eigenvalue weighted by Gasteiger charge is 2.15. The third kappa shape index (κ3) is 3.16. The number of thiazole rings is 1. The first kappa shape index (κ1) is 12.3. The lowest BCUT2D eigenvalue weighted by molar-refractivity contribution is 0.0505. The number of carbonyl (C=O) groups excluding carboxylic acids is 1. The van der Waals surface area contributed by atoms with Crippen LogP contribution in [-0.4, -0.2) is 17.6 Å². The van der Waals surface area contributed by atoms with Crippen LogP contribution in [0.5, 0.6) is 0 Å². The average molecular weight is 251 g/mol. The van der Waals surface area contributed by atoms with E-state index in [0.717, 1.165) is 30.7 Å². The van der Waals surface area contributed by atoms with Gasteiger partial charge in [0.2, 0.25) is 0 Å². The minimum absolute atomic E-state index is 0.235. The molecule has 4 heteroatoms. The maximum absolute atomic E-state index is 11.7. The van der Waals surface area contributed by atoms with E-state index in [1.165, 1.54) is 23.3 Å². The van der Waals surface area contributed by atoms with E-state index >= 15 is 0 Å². The number of aromatic nitrogens is 1. The number of nitrogens with zero attached hydrogens (tertiary/aromatic N) is 1. The Morgan fingerprint density at radius 2 is 2.47 bits per heavy atom. The van der Waals surface area contributed by atoms with Crippen LogP contribution >= 0.6 is 11.3 Å². The van der Waals surface area contributed by atoms with Crippen molar-refractivity contribution in [2.24, 2.45) is 0 Å². The molecule has 0 saturated heterocycles. The van der Waals surface area contributed by atoms with E-state index in [0.29, 0.717) is 11.5 Å². The molecule has 0 saturated carbocycles. The van der Waals surface area contributed by atoms with Crippen LogP contribution in [0.3, 0.4) is 0 Å². The highest BCUT2D eigenvalue weighted by molar-refractivity contribution is 7.14. The number of ether oxygens (including phenoxy) is 1. The quantitative estimate of drug-likeness (QED) is 0.592. The molecular formula is C13H17NO2S. The summed E-state index contributed by atoms with van der Waals surface area (Å²) in [7, 11) is 0. The lowest BCUT2D eigenvalue weighted by Gasteiger charge is -2.00. The highest BCUT2D eigenvalue weighted by Crippen LogP contribution is 2.30. The molecule has 0 bridgehead atoms. The Morgan fingerprint density at radius 3 is 3.18 bits per heavy atom. The Morgan fingerprint density at radius 1 is 1.59 bits per heavy atom. The fourth-order valence-corrected chi connectivity index (χ4v) is 2.64. The molecule has 0 aromatic carbocycles. The molecule has 1 heterocycles. The first-order valence-corrected chi connectivity index (χ1v) is 6.95. The summed E-state index contributed by atoms with van der Waals surface area (Å²) in [6, 6.07) is 0. The van der Waals surface area contributed by atoms with Gasteiger partial charge < -0.3 is 4.74 Å². The van der Waals surface area contributed by atoms with Crippen molar-refractivity contribution in [3.8, 4) is 0 Å². The van der Waals surface area contributed by atoms with E-state index in [4.69, 9.17) is 4.74 Å². The van der Waals surface area contributed by atoms with E-state index in [9.17, 15) is 4.79 Å². The number of hydrogen-bond acceptors (Lipinski definition) is 4. The van der Waals surface area contributed by atoms with Gasteiger partial charge in [-0.3, -0.25) is 0 Å². The molecule has 3 nitrogen and oxygen atoms in total. The highest BCUT2D eigenvalue weighted by atomic mass is 32.1. The fourth-order valence-electron chi connectivity index (χ4n) is 1.76. The number of rotatable bonds is 5. The van der Waals surface area contributed by atoms with Crippen LogP contribution in [0.4, 0.5) is 0 Å². The standard InChI is InChI=1S/C13H17NO2S/c1-2-3-8-16-13(15)11-9-14-12(17-11)10-6-4-5-7-10/h6,9H,2-5,7-8H2,1H3. The molecule has 0 atom stereocenters. The molecule has 0 radical (unpaired) electrons. The maximum Gasteiger partial charge on any atom is 0.349 e. The second-order valence-corrected chi connectivity index (χ2v) is 5.17. The maximum atomic E-state index is 11.7. The molecule has 0 aliphatic heterocycles. The van der Waals surface area contributed by atoms with Gasteiger partial charge in [0.15, 0.2) is 0 Å². The molecule has 0 amide bonds. The van der Waals surface area contributed by atoms with Crippen molar-refractivity contribution >= 4 is 22.9 Å². The molecule has 17 heavy (non-hydrogen) atoms. The minimum atomic E-state index is -0.235. The molecule has 0 unspecified atom stereocenters. The lowest BCUT2D eigenvalue weighted by Crippen LogP contribution is -2.03. The van der Waals surface area contributed by atoms with Crippen molar-refractivity contribution in [1.29, 1.82) is 0 Å². The Balaban J connectivity index is 1.95. The number of hydrogen-bond donors (Lipinski definition) is 0. The normalized spacial score (nSPS) is 14.8. The van der Waals surface area contributed by atoms with Gasteiger partial charge in [-0.1, -0.05) is 19.4 Å². The zero-order valence-corrected chi connectivity index (χ0v) is 10.9. The second kappa shape index (κ2) is 5.96. The number of carbonyl (C=O) groups is 1. The van der Waals surface area contributed by atoms with Crippen LogP contribution < -0.4 is 0 Å². The summed E-state index contributed by atoms with van der Waals surface area (Å²) in [6.07, 6.45) is 9.21. The minimum Gasteiger partial charge on any atom is -0.461 e. The van der Waals surface area contributed by atoms with Gasteiger partial charge in [0.25, 0.3) is 0 Å². The number of allylic oxidation sites excluding steroid dienone is 2. The molecule has 1 aromatic rings. The Bertz CT molecular complexity index is 423. The van der Waals surface area contributed by atoms with Crippen LogP contribution in [0.25, 0.3) is 5.57 Å². The molecule has 2 rings (SSSR count). The van der Waals surface area contributed by atoms with Crippen molar-refractivity contribution < 1.29 is 9.53 Å². The van der Waals surface area contributed by atoms with Gasteiger partial charge in [0, 0.05) is 0 Å². The predicted molar refractivity (Wildman–Crippen MR) is 69.1 cm³/mol. The van der Waals surface area contributed by atoms with E-state index in [1.807, 2.05) is 0 Å². The topological polar surface area (TPSA) is 39.2 Å². The van der Waals surface area contributed by atoms with E-state index in [2.05, 4.69) is 18.0 Å². The summed E-state index contributed by atoms with van der Waals surface area (Å²) >= 11 is 1.44. The van der Waals surface area contributed by atoms with Crippen molar-refractivity contribution in [3.63, 3.8) is 0 Å². The van der Waals surface area contributed by atoms with Crippen LogP contribution in [0.2, 0.25) is 0 Å². The van der Waals surface area contributed by atoms with Crippen LogP contribution in [0.1, 0.15) is 53.7 Å². The van der Waals surface area contributed by atoms with Gasteiger partial charge in [-0.25, -0.2) is 9.78 Å². The lowest BCUT2D eigenvalue weighted by atomic mass is 10.2. The van der Waals surface area contributed by atoms with Gasteiger partial charge in [0.05, 0.1) is 12.8 Å². The third-order valence-corrected chi connectivity index (χ3v) is 3.81. The van der Waals surface area contributed by atoms with E-state index in [1.54, 1.807) is 6.20 Å². The Hall–Kier alpha value is -1.16. The number of esters is 1. The monoisotopic (exact) mass is 251 g/mol. The first-order valence-electron chi connectivity index (χ1n) is 6.13. The van der Waals surface area contributed by atoms with Crippen molar-refractivity contribution in [2.75, 3.05) is 6.61 Å².